The Morgan fingerprint density at radius 3 is 2.07 bits per heavy atom. The summed E-state index contributed by atoms with van der Waals surface area (Å²) in [6, 6.07) is 4.26. The molecule has 9 heteroatoms. The minimum atomic E-state index is -1.73. The van der Waals surface area contributed by atoms with Gasteiger partial charge in [0.25, 0.3) is 0 Å². The second-order valence-corrected chi connectivity index (χ2v) is 6.23. The molecule has 1 unspecified atom stereocenters. The molecular formula is C18H23NO8. The van der Waals surface area contributed by atoms with Crippen molar-refractivity contribution < 1.29 is 38.5 Å². The fourth-order valence-electron chi connectivity index (χ4n) is 2.57. The Morgan fingerprint density at radius 2 is 1.59 bits per heavy atom. The van der Waals surface area contributed by atoms with Gasteiger partial charge in [-0.3, -0.25) is 19.2 Å². The topological polar surface area (TPSA) is 142 Å². The molecule has 0 aliphatic carbocycles. The van der Waals surface area contributed by atoms with Gasteiger partial charge in [0.15, 0.2) is 11.5 Å². The van der Waals surface area contributed by atoms with Crippen molar-refractivity contribution in [2.45, 2.75) is 52.2 Å². The highest BCUT2D eigenvalue weighted by Gasteiger charge is 2.37. The number of aliphatic carboxylic acids is 1. The van der Waals surface area contributed by atoms with Gasteiger partial charge in [-0.1, -0.05) is 6.07 Å². The van der Waals surface area contributed by atoms with Gasteiger partial charge in [-0.05, 0) is 24.6 Å². The molecule has 0 spiro atoms. The number of carbonyl (C=O) groups is 4. The second-order valence-electron chi connectivity index (χ2n) is 6.23. The highest BCUT2D eigenvalue weighted by Crippen LogP contribution is 2.31. The molecule has 9 nitrogen and oxygen atoms in total. The van der Waals surface area contributed by atoms with Gasteiger partial charge in [-0.15, -0.1) is 0 Å². The maximum absolute atomic E-state index is 11.7. The van der Waals surface area contributed by atoms with E-state index in [9.17, 15) is 24.3 Å². The molecule has 0 aliphatic heterocycles. The average molecular weight is 381 g/mol. The molecule has 0 heterocycles. The second kappa shape index (κ2) is 9.13. The lowest BCUT2D eigenvalue weighted by Gasteiger charge is -2.28. The van der Waals surface area contributed by atoms with E-state index in [1.807, 2.05) is 0 Å². The zero-order chi connectivity index (χ0) is 20.8. The predicted molar refractivity (Wildman–Crippen MR) is 93.2 cm³/mol. The van der Waals surface area contributed by atoms with Crippen molar-refractivity contribution in [1.29, 1.82) is 0 Å². The maximum Gasteiger partial charge on any atom is 0.324 e. The molecule has 1 rings (SSSR count). The maximum atomic E-state index is 11.7. The highest BCUT2D eigenvalue weighted by atomic mass is 16.6. The number of carboxylic acids is 1. The van der Waals surface area contributed by atoms with Gasteiger partial charge in [-0.25, -0.2) is 0 Å². The molecule has 3 N–H and O–H groups in total. The van der Waals surface area contributed by atoms with E-state index in [2.05, 4.69) is 0 Å². The number of benzene rings is 1. The number of hydrogen-bond acceptors (Lipinski definition) is 8. The molecule has 0 saturated carbocycles. The summed E-state index contributed by atoms with van der Waals surface area (Å²) in [5, 5.41) is 9.54. The Hall–Kier alpha value is -2.94. The molecule has 0 radical (unpaired) electrons. The number of carboxylic acid groups (broad SMARTS) is 1. The Kier molecular flexibility index (Phi) is 7.47. The molecule has 27 heavy (non-hydrogen) atoms. The van der Waals surface area contributed by atoms with Gasteiger partial charge >= 0.3 is 23.9 Å². The van der Waals surface area contributed by atoms with Crippen LogP contribution in [0.5, 0.6) is 11.5 Å². The third-order valence-corrected chi connectivity index (χ3v) is 3.48. The van der Waals surface area contributed by atoms with Crippen LogP contribution in [-0.4, -0.2) is 40.6 Å². The number of ether oxygens (including phenoxy) is 3. The van der Waals surface area contributed by atoms with E-state index in [1.54, 1.807) is 6.92 Å². The van der Waals surface area contributed by atoms with Crippen molar-refractivity contribution in [3.05, 3.63) is 23.8 Å². The third kappa shape index (κ3) is 7.06. The van der Waals surface area contributed by atoms with E-state index in [0.717, 1.165) is 0 Å². The van der Waals surface area contributed by atoms with Crippen molar-refractivity contribution in [3.63, 3.8) is 0 Å². The van der Waals surface area contributed by atoms with Gasteiger partial charge in [0.2, 0.25) is 0 Å². The summed E-state index contributed by atoms with van der Waals surface area (Å²) in [7, 11) is 0. The smallest absolute Gasteiger partial charge is 0.324 e. The summed E-state index contributed by atoms with van der Waals surface area (Å²) in [4.78, 5) is 45.2. The SMILES string of the molecule is CC(=O)Oc1ccc(CC(N)(C[C@H](C)OC(C)=O)C(=O)O)cc1OC(C)=O. The van der Waals surface area contributed by atoms with Crippen LogP contribution >= 0.6 is 0 Å². The zero-order valence-electron chi connectivity index (χ0n) is 15.6. The van der Waals surface area contributed by atoms with Crippen LogP contribution < -0.4 is 15.2 Å². The molecule has 1 aromatic carbocycles. The fraction of sp³-hybridized carbons (Fsp3) is 0.444. The average Bonchev–Trinajstić information content (AvgIpc) is 2.47. The molecule has 0 saturated heterocycles. The minimum absolute atomic E-state index is 0.0210. The molecule has 0 bridgehead atoms. The summed E-state index contributed by atoms with van der Waals surface area (Å²) >= 11 is 0. The summed E-state index contributed by atoms with van der Waals surface area (Å²) in [5.41, 5.74) is 4.74. The van der Waals surface area contributed by atoms with E-state index in [1.165, 1.54) is 39.0 Å². The Balaban J connectivity index is 3.14. The van der Waals surface area contributed by atoms with E-state index >= 15 is 0 Å². The number of carbonyl (C=O) groups excluding carboxylic acids is 3. The first-order chi connectivity index (χ1) is 12.4. The lowest BCUT2D eigenvalue weighted by Crippen LogP contribution is -2.52. The van der Waals surface area contributed by atoms with Crippen molar-refractivity contribution in [3.8, 4) is 11.5 Å². The lowest BCUT2D eigenvalue weighted by molar-refractivity contribution is -0.151. The van der Waals surface area contributed by atoms with Crippen LogP contribution in [0.1, 0.15) is 39.7 Å². The summed E-state index contributed by atoms with van der Waals surface area (Å²) in [6.07, 6.45) is -0.976. The van der Waals surface area contributed by atoms with Gasteiger partial charge in [0.1, 0.15) is 11.6 Å². The number of esters is 3. The monoisotopic (exact) mass is 381 g/mol. The van der Waals surface area contributed by atoms with Crippen LogP contribution in [0.2, 0.25) is 0 Å². The molecule has 148 valence electrons. The molecule has 0 aromatic heterocycles. The first-order valence-electron chi connectivity index (χ1n) is 8.12. The number of hydrogen-bond donors (Lipinski definition) is 2. The van der Waals surface area contributed by atoms with Crippen LogP contribution in [0.15, 0.2) is 18.2 Å². The van der Waals surface area contributed by atoms with Gasteiger partial charge in [0, 0.05) is 33.6 Å². The summed E-state index contributed by atoms with van der Waals surface area (Å²) < 4.78 is 15.0. The summed E-state index contributed by atoms with van der Waals surface area (Å²) in [5.74, 6) is -3.08. The molecule has 0 fully saturated rings. The van der Waals surface area contributed by atoms with Gasteiger partial charge < -0.3 is 25.1 Å². The standard InChI is InChI=1S/C18H23NO8/c1-10(25-11(2)20)8-18(19,17(23)24)9-14-5-6-15(26-12(3)21)16(7-14)27-13(4)22/h5-7,10H,8-9,19H2,1-4H3,(H,23,24)/t10-,18?/m0/s1. The largest absolute Gasteiger partial charge is 0.480 e. The van der Waals surface area contributed by atoms with Crippen molar-refractivity contribution >= 4 is 23.9 Å². The Labute approximate surface area is 156 Å². The van der Waals surface area contributed by atoms with E-state index < -0.39 is 35.5 Å². The molecule has 0 aliphatic rings. The Morgan fingerprint density at radius 1 is 1.04 bits per heavy atom. The quantitative estimate of drug-likeness (QED) is 0.501. The first-order valence-corrected chi connectivity index (χ1v) is 8.12. The van der Waals surface area contributed by atoms with Crippen molar-refractivity contribution in [2.75, 3.05) is 0 Å². The van der Waals surface area contributed by atoms with Crippen molar-refractivity contribution in [1.82, 2.24) is 0 Å². The van der Waals surface area contributed by atoms with Crippen LogP contribution in [0, 0.1) is 0 Å². The molecule has 2 atom stereocenters. The van der Waals surface area contributed by atoms with Gasteiger partial charge in [0.05, 0.1) is 0 Å². The van der Waals surface area contributed by atoms with Crippen LogP contribution in [0.25, 0.3) is 0 Å². The van der Waals surface area contributed by atoms with Crippen LogP contribution in [0.3, 0.4) is 0 Å². The number of rotatable bonds is 8. The number of nitrogens with two attached hydrogens (primary N) is 1. The van der Waals surface area contributed by atoms with Crippen LogP contribution in [0.4, 0.5) is 0 Å². The van der Waals surface area contributed by atoms with Crippen LogP contribution in [-0.2, 0) is 30.3 Å². The van der Waals surface area contributed by atoms with E-state index in [0.29, 0.717) is 5.56 Å². The minimum Gasteiger partial charge on any atom is -0.480 e. The fourth-order valence-corrected chi connectivity index (χ4v) is 2.57. The normalized spacial score (nSPS) is 13.8. The molecule has 0 amide bonds. The van der Waals surface area contributed by atoms with E-state index in [-0.39, 0.29) is 24.3 Å². The van der Waals surface area contributed by atoms with Crippen molar-refractivity contribution in [2.24, 2.45) is 5.73 Å². The highest BCUT2D eigenvalue weighted by molar-refractivity contribution is 5.79. The third-order valence-electron chi connectivity index (χ3n) is 3.48. The molecule has 1 aromatic rings. The Bertz CT molecular complexity index is 745. The predicted octanol–water partition coefficient (Wildman–Crippen LogP) is 1.20. The zero-order valence-corrected chi connectivity index (χ0v) is 15.6. The van der Waals surface area contributed by atoms with E-state index in [4.69, 9.17) is 19.9 Å². The van der Waals surface area contributed by atoms with Gasteiger partial charge in [-0.2, -0.15) is 0 Å². The molecular weight excluding hydrogens is 358 g/mol. The lowest BCUT2D eigenvalue weighted by atomic mass is 9.86. The summed E-state index contributed by atoms with van der Waals surface area (Å²) in [6.45, 7) is 5.13. The first kappa shape index (κ1) is 22.1.